The highest BCUT2D eigenvalue weighted by atomic mass is 16.5. The van der Waals surface area contributed by atoms with Gasteiger partial charge in [-0.25, -0.2) is 9.78 Å². The monoisotopic (exact) mass is 434 g/mol. The number of nitrogens with zero attached hydrogens (tertiary/aromatic N) is 3. The Bertz CT molecular complexity index is 1010. The van der Waals surface area contributed by atoms with Gasteiger partial charge in [0.25, 0.3) is 0 Å². The summed E-state index contributed by atoms with van der Waals surface area (Å²) in [5.74, 6) is 2.31. The zero-order valence-electron chi connectivity index (χ0n) is 19.2. The maximum atomic E-state index is 12.6. The van der Waals surface area contributed by atoms with Gasteiger partial charge in [-0.1, -0.05) is 44.2 Å². The van der Waals surface area contributed by atoms with Gasteiger partial charge in [0, 0.05) is 25.7 Å². The Morgan fingerprint density at radius 2 is 1.75 bits per heavy atom. The number of fused-ring (bicyclic) bond motifs is 1. The molecule has 0 spiro atoms. The number of likely N-dealkylation sites (tertiary alicyclic amines) is 1. The van der Waals surface area contributed by atoms with Gasteiger partial charge >= 0.3 is 6.03 Å². The van der Waals surface area contributed by atoms with Gasteiger partial charge in [-0.3, -0.25) is 0 Å². The number of para-hydroxylation sites is 3. The topological polar surface area (TPSA) is 59.4 Å². The van der Waals surface area contributed by atoms with Crippen LogP contribution in [0.1, 0.15) is 45.4 Å². The number of carbonyl (C=O) groups excluding carboxylic acids is 1. The Balaban J connectivity index is 1.41. The number of aromatic nitrogens is 2. The first kappa shape index (κ1) is 22.2. The molecule has 6 heteroatoms. The molecule has 4 rings (SSSR count). The molecule has 1 aliphatic heterocycles. The maximum Gasteiger partial charge on any atom is 0.317 e. The minimum atomic E-state index is 0.0854. The lowest BCUT2D eigenvalue weighted by molar-refractivity contribution is 0.161. The van der Waals surface area contributed by atoms with Crippen LogP contribution < -0.4 is 10.1 Å². The van der Waals surface area contributed by atoms with Crippen LogP contribution in [-0.2, 0) is 13.2 Å². The number of nitrogens with one attached hydrogen (secondary N) is 1. The SMILES string of the molecule is CCC(CC)NC(=O)N1CCC(Cn2c(COc3ccccc3)nc3ccccc32)CC1. The quantitative estimate of drug-likeness (QED) is 0.528. The molecule has 0 atom stereocenters. The molecule has 170 valence electrons. The van der Waals surface area contributed by atoms with Crippen LogP contribution in [0.3, 0.4) is 0 Å². The smallest absolute Gasteiger partial charge is 0.317 e. The van der Waals surface area contributed by atoms with Crippen LogP contribution >= 0.6 is 0 Å². The van der Waals surface area contributed by atoms with Crippen LogP contribution in [0, 0.1) is 5.92 Å². The normalized spacial score (nSPS) is 14.8. The van der Waals surface area contributed by atoms with Gasteiger partial charge in [-0.05, 0) is 55.9 Å². The molecule has 1 N–H and O–H groups in total. The Morgan fingerprint density at radius 1 is 1.06 bits per heavy atom. The van der Waals surface area contributed by atoms with Crippen molar-refractivity contribution in [1.82, 2.24) is 19.8 Å². The van der Waals surface area contributed by atoms with Crippen molar-refractivity contribution in [2.75, 3.05) is 13.1 Å². The third-order valence-electron chi connectivity index (χ3n) is 6.50. The summed E-state index contributed by atoms with van der Waals surface area (Å²) in [6.45, 7) is 7.19. The number of piperidine rings is 1. The Hall–Kier alpha value is -3.02. The molecule has 1 aromatic heterocycles. The highest BCUT2D eigenvalue weighted by molar-refractivity contribution is 5.76. The summed E-state index contributed by atoms with van der Waals surface area (Å²) < 4.78 is 8.32. The fourth-order valence-corrected chi connectivity index (χ4v) is 4.44. The van der Waals surface area contributed by atoms with E-state index >= 15 is 0 Å². The minimum Gasteiger partial charge on any atom is -0.486 e. The van der Waals surface area contributed by atoms with Crippen molar-refractivity contribution >= 4 is 17.1 Å². The van der Waals surface area contributed by atoms with Crippen molar-refractivity contribution in [3.63, 3.8) is 0 Å². The molecule has 0 bridgehead atoms. The molecule has 32 heavy (non-hydrogen) atoms. The van der Waals surface area contributed by atoms with Crippen LogP contribution in [0.25, 0.3) is 11.0 Å². The van der Waals surface area contributed by atoms with E-state index in [4.69, 9.17) is 9.72 Å². The van der Waals surface area contributed by atoms with Crippen molar-refractivity contribution < 1.29 is 9.53 Å². The third-order valence-corrected chi connectivity index (χ3v) is 6.50. The summed E-state index contributed by atoms with van der Waals surface area (Å²) in [6, 6.07) is 18.5. The summed E-state index contributed by atoms with van der Waals surface area (Å²) in [4.78, 5) is 19.4. The van der Waals surface area contributed by atoms with E-state index in [1.807, 2.05) is 41.3 Å². The first-order chi connectivity index (χ1) is 15.7. The second-order valence-electron chi connectivity index (χ2n) is 8.62. The number of amides is 2. The molecule has 0 saturated carbocycles. The number of benzene rings is 2. The molecule has 1 fully saturated rings. The lowest BCUT2D eigenvalue weighted by atomic mass is 9.96. The molecule has 0 radical (unpaired) electrons. The van der Waals surface area contributed by atoms with E-state index in [1.54, 1.807) is 0 Å². The van der Waals surface area contributed by atoms with Crippen molar-refractivity contribution in [1.29, 1.82) is 0 Å². The molecule has 2 amide bonds. The third kappa shape index (κ3) is 5.23. The van der Waals surface area contributed by atoms with E-state index in [2.05, 4.69) is 41.9 Å². The van der Waals surface area contributed by atoms with Gasteiger partial charge in [-0.15, -0.1) is 0 Å². The van der Waals surface area contributed by atoms with E-state index in [0.29, 0.717) is 12.5 Å². The summed E-state index contributed by atoms with van der Waals surface area (Å²) in [5, 5.41) is 3.17. The lowest BCUT2D eigenvalue weighted by Crippen LogP contribution is -2.48. The number of carbonyl (C=O) groups is 1. The summed E-state index contributed by atoms with van der Waals surface area (Å²) in [5.41, 5.74) is 2.15. The molecule has 3 aromatic rings. The Morgan fingerprint density at radius 3 is 2.47 bits per heavy atom. The van der Waals surface area contributed by atoms with Gasteiger partial charge in [0.05, 0.1) is 11.0 Å². The zero-order chi connectivity index (χ0) is 22.3. The predicted molar refractivity (Wildman–Crippen MR) is 128 cm³/mol. The fourth-order valence-electron chi connectivity index (χ4n) is 4.44. The molecule has 2 aromatic carbocycles. The van der Waals surface area contributed by atoms with E-state index in [9.17, 15) is 4.79 Å². The van der Waals surface area contributed by atoms with E-state index in [-0.39, 0.29) is 12.1 Å². The Labute approximate surface area is 190 Å². The predicted octanol–water partition coefficient (Wildman–Crippen LogP) is 5.23. The molecule has 1 saturated heterocycles. The largest absolute Gasteiger partial charge is 0.486 e. The molecule has 2 heterocycles. The Kier molecular flexibility index (Phi) is 7.30. The number of ether oxygens (including phenoxy) is 1. The van der Waals surface area contributed by atoms with Crippen molar-refractivity contribution in [2.24, 2.45) is 5.92 Å². The minimum absolute atomic E-state index is 0.0854. The number of hydrogen-bond donors (Lipinski definition) is 1. The molecular weight excluding hydrogens is 400 g/mol. The van der Waals surface area contributed by atoms with Gasteiger partial charge in [0.15, 0.2) is 0 Å². The van der Waals surface area contributed by atoms with E-state index < -0.39 is 0 Å². The molecule has 0 unspecified atom stereocenters. The molecule has 1 aliphatic rings. The summed E-state index contributed by atoms with van der Waals surface area (Å²) >= 11 is 0. The molecule has 6 nitrogen and oxygen atoms in total. The summed E-state index contributed by atoms with van der Waals surface area (Å²) in [6.07, 6.45) is 3.95. The first-order valence-electron chi connectivity index (χ1n) is 11.8. The lowest BCUT2D eigenvalue weighted by Gasteiger charge is -2.33. The van der Waals surface area contributed by atoms with Gasteiger partial charge in [-0.2, -0.15) is 0 Å². The van der Waals surface area contributed by atoms with Crippen LogP contribution in [0.5, 0.6) is 5.75 Å². The van der Waals surface area contributed by atoms with Crippen LogP contribution in [0.15, 0.2) is 54.6 Å². The van der Waals surface area contributed by atoms with Crippen molar-refractivity contribution in [3.8, 4) is 5.75 Å². The van der Waals surface area contributed by atoms with E-state index in [0.717, 1.165) is 67.9 Å². The van der Waals surface area contributed by atoms with Crippen LogP contribution in [-0.4, -0.2) is 39.6 Å². The zero-order valence-corrected chi connectivity index (χ0v) is 19.2. The number of imidazole rings is 1. The highest BCUT2D eigenvalue weighted by Crippen LogP contribution is 2.24. The van der Waals surface area contributed by atoms with E-state index in [1.165, 1.54) is 0 Å². The average Bonchev–Trinajstić information content (AvgIpc) is 3.19. The number of urea groups is 1. The number of hydrogen-bond acceptors (Lipinski definition) is 3. The van der Waals surface area contributed by atoms with Gasteiger partial charge in [0.1, 0.15) is 18.2 Å². The van der Waals surface area contributed by atoms with Crippen LogP contribution in [0.4, 0.5) is 4.79 Å². The van der Waals surface area contributed by atoms with Crippen molar-refractivity contribution in [2.45, 2.75) is 58.7 Å². The highest BCUT2D eigenvalue weighted by Gasteiger charge is 2.25. The first-order valence-corrected chi connectivity index (χ1v) is 11.8. The fraction of sp³-hybridized carbons (Fsp3) is 0.462. The number of rotatable bonds is 8. The standard InChI is InChI=1S/C26H34N4O2/c1-3-21(4-2)27-26(31)29-16-14-20(15-17-29)18-30-24-13-9-8-12-23(24)28-25(30)19-32-22-10-6-5-7-11-22/h5-13,20-21H,3-4,14-19H2,1-2H3,(H,27,31). The van der Waals surface area contributed by atoms with Gasteiger partial charge < -0.3 is 19.5 Å². The second kappa shape index (κ2) is 10.5. The second-order valence-corrected chi connectivity index (χ2v) is 8.62. The molecule has 0 aliphatic carbocycles. The van der Waals surface area contributed by atoms with Gasteiger partial charge in [0.2, 0.25) is 0 Å². The molecular formula is C26H34N4O2. The average molecular weight is 435 g/mol. The van der Waals surface area contributed by atoms with Crippen LogP contribution in [0.2, 0.25) is 0 Å². The maximum absolute atomic E-state index is 12.6. The summed E-state index contributed by atoms with van der Waals surface area (Å²) in [7, 11) is 0. The van der Waals surface area contributed by atoms with Crippen molar-refractivity contribution in [3.05, 3.63) is 60.4 Å².